The maximum Gasteiger partial charge on any atom is 0.262 e. The number of benzene rings is 2. The van der Waals surface area contributed by atoms with Gasteiger partial charge in [-0.2, -0.15) is 0 Å². The van der Waals surface area contributed by atoms with Crippen LogP contribution in [-0.4, -0.2) is 32.7 Å². The summed E-state index contributed by atoms with van der Waals surface area (Å²) in [5.41, 5.74) is 1.98. The van der Waals surface area contributed by atoms with Gasteiger partial charge in [0, 0.05) is 0 Å². The van der Waals surface area contributed by atoms with E-state index >= 15 is 0 Å². The van der Waals surface area contributed by atoms with Gasteiger partial charge in [0.25, 0.3) is 5.91 Å². The van der Waals surface area contributed by atoms with Crippen LogP contribution in [0.4, 0.5) is 5.69 Å². The first-order chi connectivity index (χ1) is 12.0. The van der Waals surface area contributed by atoms with Gasteiger partial charge in [-0.15, -0.1) is 5.10 Å². The number of carbonyl (C=O) groups is 1. The van der Waals surface area contributed by atoms with Crippen molar-refractivity contribution >= 4 is 34.8 Å². The highest BCUT2D eigenvalue weighted by molar-refractivity contribution is 6.40. The number of aryl methyl sites for hydroxylation is 1. The molecular formula is C16H13Cl2N5O2. The van der Waals surface area contributed by atoms with Crippen molar-refractivity contribution in [1.82, 2.24) is 20.2 Å². The van der Waals surface area contributed by atoms with E-state index in [0.29, 0.717) is 21.5 Å². The van der Waals surface area contributed by atoms with Crippen molar-refractivity contribution in [2.45, 2.75) is 6.92 Å². The lowest BCUT2D eigenvalue weighted by molar-refractivity contribution is -0.118. The molecule has 0 aliphatic carbocycles. The summed E-state index contributed by atoms with van der Waals surface area (Å²) in [4.78, 5) is 12.1. The molecule has 128 valence electrons. The normalized spacial score (nSPS) is 10.5. The molecule has 1 amide bonds. The number of carbonyl (C=O) groups excluding carboxylic acids is 1. The molecule has 2 aromatic carbocycles. The molecule has 0 saturated heterocycles. The molecule has 0 aliphatic heterocycles. The number of halogens is 2. The zero-order valence-corrected chi connectivity index (χ0v) is 14.6. The molecule has 0 atom stereocenters. The molecule has 0 aliphatic rings. The molecule has 1 aromatic heterocycles. The number of tetrazole rings is 1. The van der Waals surface area contributed by atoms with Crippen molar-refractivity contribution < 1.29 is 9.53 Å². The molecular weight excluding hydrogens is 365 g/mol. The molecule has 0 saturated carbocycles. The van der Waals surface area contributed by atoms with Crippen molar-refractivity contribution in [2.24, 2.45) is 0 Å². The van der Waals surface area contributed by atoms with Gasteiger partial charge in [0.2, 0.25) is 0 Å². The Bertz CT molecular complexity index is 882. The number of hydrogen-bond donors (Lipinski definition) is 1. The summed E-state index contributed by atoms with van der Waals surface area (Å²) in [5, 5.41) is 14.4. The molecule has 1 N–H and O–H groups in total. The van der Waals surface area contributed by atoms with E-state index in [0.717, 1.165) is 11.3 Å². The zero-order chi connectivity index (χ0) is 17.8. The van der Waals surface area contributed by atoms with E-state index in [1.54, 1.807) is 36.4 Å². The van der Waals surface area contributed by atoms with Gasteiger partial charge in [0.1, 0.15) is 12.1 Å². The molecule has 1 heterocycles. The maximum absolute atomic E-state index is 12.1. The number of rotatable bonds is 5. The fraction of sp³-hybridized carbons (Fsp3) is 0.125. The number of ether oxygens (including phenoxy) is 1. The Morgan fingerprint density at radius 1 is 1.20 bits per heavy atom. The fourth-order valence-electron chi connectivity index (χ4n) is 2.07. The molecule has 3 aromatic rings. The predicted octanol–water partition coefficient (Wildman–Crippen LogP) is 3.30. The Labute approximate surface area is 153 Å². The highest BCUT2D eigenvalue weighted by Gasteiger charge is 2.12. The van der Waals surface area contributed by atoms with Crippen LogP contribution in [0, 0.1) is 6.92 Å². The smallest absolute Gasteiger partial charge is 0.262 e. The summed E-state index contributed by atoms with van der Waals surface area (Å²) in [7, 11) is 0. The zero-order valence-electron chi connectivity index (χ0n) is 13.1. The first-order valence-corrected chi connectivity index (χ1v) is 8.01. The van der Waals surface area contributed by atoms with E-state index in [1.165, 1.54) is 11.0 Å². The third-order valence-corrected chi connectivity index (χ3v) is 4.17. The van der Waals surface area contributed by atoms with E-state index in [9.17, 15) is 4.79 Å². The van der Waals surface area contributed by atoms with Gasteiger partial charge in [-0.25, -0.2) is 4.68 Å². The van der Waals surface area contributed by atoms with Crippen molar-refractivity contribution in [3.8, 4) is 11.4 Å². The van der Waals surface area contributed by atoms with E-state index < -0.39 is 0 Å². The van der Waals surface area contributed by atoms with Crippen molar-refractivity contribution in [1.29, 1.82) is 0 Å². The third kappa shape index (κ3) is 4.07. The van der Waals surface area contributed by atoms with Gasteiger partial charge >= 0.3 is 0 Å². The molecule has 9 heteroatoms. The van der Waals surface area contributed by atoms with Crippen molar-refractivity contribution in [3.63, 3.8) is 0 Å². The Balaban J connectivity index is 1.60. The summed E-state index contributed by atoms with van der Waals surface area (Å²) in [6, 6.07) is 10.4. The summed E-state index contributed by atoms with van der Waals surface area (Å²) >= 11 is 12.2. The van der Waals surface area contributed by atoms with Crippen molar-refractivity contribution in [3.05, 3.63) is 58.3 Å². The highest BCUT2D eigenvalue weighted by Crippen LogP contribution is 2.32. The summed E-state index contributed by atoms with van der Waals surface area (Å²) < 4.78 is 6.98. The second-order valence-corrected chi connectivity index (χ2v) is 5.92. The van der Waals surface area contributed by atoms with E-state index in [4.69, 9.17) is 27.9 Å². The summed E-state index contributed by atoms with van der Waals surface area (Å²) in [6.45, 7) is 1.65. The lowest BCUT2D eigenvalue weighted by Crippen LogP contribution is -2.20. The molecule has 3 rings (SSSR count). The molecule has 0 fully saturated rings. The minimum absolute atomic E-state index is 0.176. The van der Waals surface area contributed by atoms with Crippen molar-refractivity contribution in [2.75, 3.05) is 11.9 Å². The molecule has 0 unspecified atom stereocenters. The molecule has 0 bridgehead atoms. The number of amides is 1. The van der Waals surface area contributed by atoms with Crippen LogP contribution in [0.25, 0.3) is 5.69 Å². The standard InChI is InChI=1S/C16H13Cl2N5O2/c1-10-2-7-13(17)16(15(10)18)20-14(24)8-25-12-5-3-11(4-6-12)23-9-19-21-22-23/h2-7,9H,8H2,1H3,(H,20,24). The number of anilines is 1. The first kappa shape index (κ1) is 17.2. The van der Waals surface area contributed by atoms with Gasteiger partial charge < -0.3 is 10.1 Å². The van der Waals surface area contributed by atoms with Gasteiger partial charge in [0.15, 0.2) is 6.61 Å². The molecule has 0 spiro atoms. The predicted molar refractivity (Wildman–Crippen MR) is 94.5 cm³/mol. The van der Waals surface area contributed by atoms with Crippen LogP contribution in [0.3, 0.4) is 0 Å². The van der Waals surface area contributed by atoms with Gasteiger partial charge in [-0.3, -0.25) is 4.79 Å². The lowest BCUT2D eigenvalue weighted by Gasteiger charge is -2.12. The van der Waals surface area contributed by atoms with Crippen LogP contribution >= 0.6 is 23.2 Å². The fourth-order valence-corrected chi connectivity index (χ4v) is 2.54. The Hall–Kier alpha value is -2.64. The van der Waals surface area contributed by atoms with Crippen LogP contribution in [0.5, 0.6) is 5.75 Å². The largest absolute Gasteiger partial charge is 0.484 e. The monoisotopic (exact) mass is 377 g/mol. The second-order valence-electron chi connectivity index (χ2n) is 5.14. The Kier molecular flexibility index (Phi) is 5.16. The molecule has 0 radical (unpaired) electrons. The number of nitrogens with one attached hydrogen (secondary N) is 1. The third-order valence-electron chi connectivity index (χ3n) is 3.37. The minimum Gasteiger partial charge on any atom is -0.484 e. The Morgan fingerprint density at radius 2 is 1.96 bits per heavy atom. The Morgan fingerprint density at radius 3 is 2.64 bits per heavy atom. The van der Waals surface area contributed by atoms with Gasteiger partial charge in [-0.05, 0) is 53.2 Å². The van der Waals surface area contributed by atoms with Gasteiger partial charge in [0.05, 0.1) is 21.4 Å². The maximum atomic E-state index is 12.1. The second kappa shape index (κ2) is 7.50. The number of hydrogen-bond acceptors (Lipinski definition) is 5. The van der Waals surface area contributed by atoms with E-state index in [-0.39, 0.29) is 12.5 Å². The number of nitrogens with zero attached hydrogens (tertiary/aromatic N) is 4. The summed E-state index contributed by atoms with van der Waals surface area (Å²) in [5.74, 6) is 0.173. The van der Waals surface area contributed by atoms with Gasteiger partial charge in [-0.1, -0.05) is 29.3 Å². The quantitative estimate of drug-likeness (QED) is 0.737. The average molecular weight is 378 g/mol. The highest BCUT2D eigenvalue weighted by atomic mass is 35.5. The van der Waals surface area contributed by atoms with Crippen LogP contribution in [0.2, 0.25) is 10.0 Å². The lowest BCUT2D eigenvalue weighted by atomic mass is 10.2. The topological polar surface area (TPSA) is 81.9 Å². The SMILES string of the molecule is Cc1ccc(Cl)c(NC(=O)COc2ccc(-n3cnnn3)cc2)c1Cl. The number of aromatic nitrogens is 4. The van der Waals surface area contributed by atoms with E-state index in [2.05, 4.69) is 20.8 Å². The molecule has 7 nitrogen and oxygen atoms in total. The van der Waals surface area contributed by atoms with Crippen LogP contribution in [-0.2, 0) is 4.79 Å². The summed E-state index contributed by atoms with van der Waals surface area (Å²) in [6.07, 6.45) is 1.48. The van der Waals surface area contributed by atoms with Crippen LogP contribution in [0.15, 0.2) is 42.7 Å². The first-order valence-electron chi connectivity index (χ1n) is 7.25. The van der Waals surface area contributed by atoms with Crippen LogP contribution < -0.4 is 10.1 Å². The van der Waals surface area contributed by atoms with Crippen LogP contribution in [0.1, 0.15) is 5.56 Å². The molecule has 25 heavy (non-hydrogen) atoms. The average Bonchev–Trinajstić information content (AvgIpc) is 3.15. The van der Waals surface area contributed by atoms with E-state index in [1.807, 2.05) is 6.92 Å². The minimum atomic E-state index is -0.362.